The largest absolute Gasteiger partial charge is 0.390 e. The van der Waals surface area contributed by atoms with Crippen LogP contribution < -0.4 is 21.1 Å². The molecular formula is C19H24F3N5O3. The molecule has 2 atom stereocenters. The Morgan fingerprint density at radius 3 is 2.70 bits per heavy atom. The molecule has 2 aliphatic rings. The van der Waals surface area contributed by atoms with Crippen LogP contribution in [0.3, 0.4) is 0 Å². The minimum Gasteiger partial charge on any atom is -0.354 e. The zero-order chi connectivity index (χ0) is 21.9. The predicted octanol–water partition coefficient (Wildman–Crippen LogP) is 1.39. The van der Waals surface area contributed by atoms with E-state index in [4.69, 9.17) is 0 Å². The number of amides is 2. The van der Waals surface area contributed by atoms with E-state index in [2.05, 4.69) is 21.0 Å². The van der Waals surface area contributed by atoms with Gasteiger partial charge in [0.05, 0.1) is 18.3 Å². The van der Waals surface area contributed by atoms with E-state index >= 15 is 0 Å². The summed E-state index contributed by atoms with van der Waals surface area (Å²) in [5, 5.41) is 6.36. The summed E-state index contributed by atoms with van der Waals surface area (Å²) < 4.78 is 36.9. The van der Waals surface area contributed by atoms with Crippen LogP contribution in [0.2, 0.25) is 0 Å². The number of aromatic nitrogens is 1. The highest BCUT2D eigenvalue weighted by atomic mass is 19.4. The second-order valence-corrected chi connectivity index (χ2v) is 7.65. The highest BCUT2D eigenvalue weighted by Crippen LogP contribution is 2.34. The first-order chi connectivity index (χ1) is 14.1. The molecule has 1 unspecified atom stereocenters. The SMILES string of the molecule is CC(=O)C1NN(CC(=O)N[C@@H](CC2CC2)C(=O)NCCC(F)(F)F)c2cnccc21. The Morgan fingerprint density at radius 1 is 1.33 bits per heavy atom. The molecular weight excluding hydrogens is 403 g/mol. The van der Waals surface area contributed by atoms with Gasteiger partial charge >= 0.3 is 6.18 Å². The first-order valence-electron chi connectivity index (χ1n) is 9.76. The molecule has 8 nitrogen and oxygen atoms in total. The van der Waals surface area contributed by atoms with Gasteiger partial charge in [0.25, 0.3) is 0 Å². The molecule has 1 fully saturated rings. The van der Waals surface area contributed by atoms with Crippen LogP contribution in [-0.2, 0) is 14.4 Å². The van der Waals surface area contributed by atoms with Crippen LogP contribution in [-0.4, -0.2) is 47.9 Å². The zero-order valence-corrected chi connectivity index (χ0v) is 16.5. The van der Waals surface area contributed by atoms with E-state index in [1.807, 2.05) is 0 Å². The second kappa shape index (κ2) is 8.99. The maximum absolute atomic E-state index is 12.6. The average molecular weight is 427 g/mol. The lowest BCUT2D eigenvalue weighted by Gasteiger charge is -2.23. The van der Waals surface area contributed by atoms with Crippen LogP contribution in [0.15, 0.2) is 18.5 Å². The van der Waals surface area contributed by atoms with E-state index in [-0.39, 0.29) is 18.2 Å². The Hall–Kier alpha value is -2.69. The average Bonchev–Trinajstić information content (AvgIpc) is 3.40. The van der Waals surface area contributed by atoms with Gasteiger partial charge in [-0.25, -0.2) is 5.43 Å². The summed E-state index contributed by atoms with van der Waals surface area (Å²) in [6.07, 6.45) is -0.175. The molecule has 1 aromatic heterocycles. The molecule has 1 aliphatic heterocycles. The monoisotopic (exact) mass is 427 g/mol. The number of hydrogen-bond donors (Lipinski definition) is 3. The maximum Gasteiger partial charge on any atom is 0.390 e. The lowest BCUT2D eigenvalue weighted by atomic mass is 10.1. The van der Waals surface area contributed by atoms with Crippen LogP contribution in [0.25, 0.3) is 0 Å². The van der Waals surface area contributed by atoms with Gasteiger partial charge in [-0.05, 0) is 25.3 Å². The minimum atomic E-state index is -4.36. The van der Waals surface area contributed by atoms with Crippen LogP contribution in [0, 0.1) is 5.92 Å². The van der Waals surface area contributed by atoms with Crippen LogP contribution in [0.4, 0.5) is 18.9 Å². The number of hydrogen-bond acceptors (Lipinski definition) is 6. The number of alkyl halides is 3. The molecule has 0 radical (unpaired) electrons. The molecule has 0 spiro atoms. The van der Waals surface area contributed by atoms with Gasteiger partial charge in [0, 0.05) is 18.3 Å². The predicted molar refractivity (Wildman–Crippen MR) is 101 cm³/mol. The summed E-state index contributed by atoms with van der Waals surface area (Å²) in [7, 11) is 0. The van der Waals surface area contributed by atoms with Gasteiger partial charge in [0.1, 0.15) is 18.6 Å². The normalized spacial score (nSPS) is 19.2. The number of halogens is 3. The molecule has 0 bridgehead atoms. The molecule has 2 heterocycles. The number of fused-ring (bicyclic) bond motifs is 1. The van der Waals surface area contributed by atoms with E-state index < -0.39 is 43.0 Å². The highest BCUT2D eigenvalue weighted by molar-refractivity contribution is 5.91. The van der Waals surface area contributed by atoms with Gasteiger partial charge in [-0.2, -0.15) is 13.2 Å². The molecule has 1 aliphatic carbocycles. The number of Topliss-reactive ketones (excluding diaryl/α,β-unsaturated/α-hetero) is 1. The molecule has 30 heavy (non-hydrogen) atoms. The molecule has 3 N–H and O–H groups in total. The van der Waals surface area contributed by atoms with Gasteiger partial charge in [-0.3, -0.25) is 24.4 Å². The number of nitrogens with one attached hydrogen (secondary N) is 3. The van der Waals surface area contributed by atoms with Crippen molar-refractivity contribution in [3.8, 4) is 0 Å². The molecule has 1 aromatic rings. The smallest absolute Gasteiger partial charge is 0.354 e. The molecule has 2 amide bonds. The van der Waals surface area contributed by atoms with Crippen LogP contribution in [0.1, 0.15) is 44.2 Å². The number of nitrogens with zero attached hydrogens (tertiary/aromatic N) is 2. The van der Waals surface area contributed by atoms with Crippen LogP contribution in [0.5, 0.6) is 0 Å². The Morgan fingerprint density at radius 2 is 2.07 bits per heavy atom. The van der Waals surface area contributed by atoms with Crippen molar-refractivity contribution in [2.24, 2.45) is 5.92 Å². The lowest BCUT2D eigenvalue weighted by Crippen LogP contribution is -2.51. The van der Waals surface area contributed by atoms with Crippen molar-refractivity contribution in [1.82, 2.24) is 21.0 Å². The van der Waals surface area contributed by atoms with E-state index in [0.717, 1.165) is 12.8 Å². The van der Waals surface area contributed by atoms with Gasteiger partial charge < -0.3 is 10.6 Å². The number of pyridine rings is 1. The van der Waals surface area contributed by atoms with E-state index in [0.29, 0.717) is 17.7 Å². The maximum atomic E-state index is 12.6. The van der Waals surface area contributed by atoms with Crippen molar-refractivity contribution in [3.63, 3.8) is 0 Å². The third-order valence-corrected chi connectivity index (χ3v) is 5.05. The van der Waals surface area contributed by atoms with Crippen molar-refractivity contribution < 1.29 is 27.6 Å². The summed E-state index contributed by atoms with van der Waals surface area (Å²) >= 11 is 0. The van der Waals surface area contributed by atoms with Crippen molar-refractivity contribution in [2.75, 3.05) is 18.1 Å². The van der Waals surface area contributed by atoms with Crippen molar-refractivity contribution in [1.29, 1.82) is 0 Å². The third kappa shape index (κ3) is 5.91. The number of carbonyl (C=O) groups is 3. The molecule has 0 saturated heterocycles. The fourth-order valence-electron chi connectivity index (χ4n) is 3.35. The fraction of sp³-hybridized carbons (Fsp3) is 0.579. The number of carbonyl (C=O) groups excluding carboxylic acids is 3. The van der Waals surface area contributed by atoms with E-state index in [9.17, 15) is 27.6 Å². The summed E-state index contributed by atoms with van der Waals surface area (Å²) in [6, 6.07) is 0.192. The van der Waals surface area contributed by atoms with Crippen molar-refractivity contribution in [3.05, 3.63) is 24.0 Å². The van der Waals surface area contributed by atoms with Gasteiger partial charge in [-0.15, -0.1) is 0 Å². The summed E-state index contributed by atoms with van der Waals surface area (Å²) in [5.74, 6) is -0.961. The molecule has 164 valence electrons. The summed E-state index contributed by atoms with van der Waals surface area (Å²) in [6.45, 7) is 0.717. The fourth-order valence-corrected chi connectivity index (χ4v) is 3.35. The molecule has 11 heteroatoms. The minimum absolute atomic E-state index is 0.124. The quantitative estimate of drug-likeness (QED) is 0.550. The summed E-state index contributed by atoms with van der Waals surface area (Å²) in [5.41, 5.74) is 4.23. The Bertz CT molecular complexity index is 813. The van der Waals surface area contributed by atoms with Crippen molar-refractivity contribution in [2.45, 2.75) is 50.9 Å². The van der Waals surface area contributed by atoms with Gasteiger partial charge in [0.2, 0.25) is 11.8 Å². The number of ketones is 1. The Kier molecular flexibility index (Phi) is 6.59. The van der Waals surface area contributed by atoms with Crippen molar-refractivity contribution >= 4 is 23.3 Å². The van der Waals surface area contributed by atoms with Gasteiger partial charge in [0.15, 0.2) is 5.78 Å². The molecule has 3 rings (SSSR count). The second-order valence-electron chi connectivity index (χ2n) is 7.65. The Labute approximate surface area is 171 Å². The van der Waals surface area contributed by atoms with E-state index in [1.54, 1.807) is 12.3 Å². The Balaban J connectivity index is 1.59. The first-order valence-corrected chi connectivity index (χ1v) is 9.76. The van der Waals surface area contributed by atoms with E-state index in [1.165, 1.54) is 18.1 Å². The molecule has 0 aromatic carbocycles. The highest BCUT2D eigenvalue weighted by Gasteiger charge is 2.34. The summed E-state index contributed by atoms with van der Waals surface area (Å²) in [4.78, 5) is 40.8. The first kappa shape index (κ1) is 22.0. The lowest BCUT2D eigenvalue weighted by molar-refractivity contribution is -0.137. The zero-order valence-electron chi connectivity index (χ0n) is 16.5. The topological polar surface area (TPSA) is 103 Å². The molecule has 1 saturated carbocycles. The third-order valence-electron chi connectivity index (χ3n) is 5.05. The number of anilines is 1. The standard InChI is InChI=1S/C19H24F3N5O3/c1-11(28)17-13-4-6-23-9-15(13)27(26-17)10-16(29)25-14(8-12-2-3-12)18(30)24-7-5-19(20,21)22/h4,6,9,12,14,17,26H,2-3,5,7-8,10H2,1H3,(H,24,30)(H,25,29)/t14-,17?/m0/s1. The van der Waals surface area contributed by atoms with Crippen LogP contribution >= 0.6 is 0 Å². The van der Waals surface area contributed by atoms with Gasteiger partial charge in [-0.1, -0.05) is 12.8 Å². The number of rotatable bonds is 9. The number of hydrazine groups is 1.